The molecule has 4 aromatic rings. The van der Waals surface area contributed by atoms with Crippen molar-refractivity contribution in [1.82, 2.24) is 24.2 Å². The zero-order valence-electron chi connectivity index (χ0n) is 18.3. The Labute approximate surface area is 197 Å². The monoisotopic (exact) mass is 458 g/mol. The van der Waals surface area contributed by atoms with Crippen molar-refractivity contribution in [2.75, 3.05) is 36.8 Å². The highest BCUT2D eigenvalue weighted by molar-refractivity contribution is 7.99. The van der Waals surface area contributed by atoms with Gasteiger partial charge in [0, 0.05) is 56.1 Å². The first-order valence-corrected chi connectivity index (χ1v) is 12.2. The predicted molar refractivity (Wildman–Crippen MR) is 132 cm³/mol. The van der Waals surface area contributed by atoms with Gasteiger partial charge in [0.1, 0.15) is 11.6 Å². The van der Waals surface area contributed by atoms with E-state index in [2.05, 4.69) is 19.5 Å². The molecule has 168 valence electrons. The van der Waals surface area contributed by atoms with Gasteiger partial charge in [0.05, 0.1) is 17.6 Å². The maximum atomic E-state index is 12.8. The van der Waals surface area contributed by atoms with Crippen LogP contribution in [0.3, 0.4) is 0 Å². The summed E-state index contributed by atoms with van der Waals surface area (Å²) in [6.07, 6.45) is 7.77. The highest BCUT2D eigenvalue weighted by atomic mass is 32.2. The first-order valence-electron chi connectivity index (χ1n) is 11.1. The molecule has 0 unspecified atom stereocenters. The number of rotatable bonds is 7. The van der Waals surface area contributed by atoms with Gasteiger partial charge in [-0.05, 0) is 36.4 Å². The Morgan fingerprint density at radius 2 is 1.67 bits per heavy atom. The van der Waals surface area contributed by atoms with Crippen LogP contribution in [0.15, 0.2) is 85.5 Å². The number of nitrogens with zero attached hydrogens (tertiary/aromatic N) is 6. The van der Waals surface area contributed by atoms with Gasteiger partial charge in [-0.15, -0.1) is 11.8 Å². The Hall–Kier alpha value is -3.52. The predicted octanol–water partition coefficient (Wildman–Crippen LogP) is 3.64. The number of para-hydroxylation sites is 1. The molecule has 33 heavy (non-hydrogen) atoms. The van der Waals surface area contributed by atoms with E-state index in [-0.39, 0.29) is 5.91 Å². The maximum absolute atomic E-state index is 12.8. The molecule has 1 aliphatic heterocycles. The summed E-state index contributed by atoms with van der Waals surface area (Å²) in [5.41, 5.74) is 2.12. The Kier molecular flexibility index (Phi) is 6.44. The average molecular weight is 459 g/mol. The van der Waals surface area contributed by atoms with Gasteiger partial charge in [0.25, 0.3) is 0 Å². The van der Waals surface area contributed by atoms with Crippen LogP contribution >= 0.6 is 11.8 Å². The third-order valence-corrected chi connectivity index (χ3v) is 6.72. The summed E-state index contributed by atoms with van der Waals surface area (Å²) < 4.78 is 4.03. The van der Waals surface area contributed by atoms with Crippen LogP contribution in [0.4, 0.5) is 5.82 Å². The van der Waals surface area contributed by atoms with Crippen LogP contribution in [-0.2, 0) is 10.5 Å². The summed E-state index contributed by atoms with van der Waals surface area (Å²) in [5.74, 6) is 3.37. The van der Waals surface area contributed by atoms with E-state index in [4.69, 9.17) is 0 Å². The molecule has 8 heteroatoms. The number of amides is 1. The lowest BCUT2D eigenvalue weighted by molar-refractivity contribution is -0.128. The normalized spacial score (nSPS) is 13.9. The summed E-state index contributed by atoms with van der Waals surface area (Å²) in [5, 5.41) is 4.64. The van der Waals surface area contributed by atoms with E-state index >= 15 is 0 Å². The lowest BCUT2D eigenvalue weighted by Gasteiger charge is -2.35. The number of pyridine rings is 1. The summed E-state index contributed by atoms with van der Waals surface area (Å²) in [6, 6.07) is 20.1. The molecule has 0 spiro atoms. The molecule has 0 N–H and O–H groups in total. The smallest absolute Gasteiger partial charge is 0.232 e. The van der Waals surface area contributed by atoms with Gasteiger partial charge < -0.3 is 14.4 Å². The molecule has 0 atom stereocenters. The van der Waals surface area contributed by atoms with E-state index in [1.165, 1.54) is 0 Å². The van der Waals surface area contributed by atoms with Gasteiger partial charge in [0.15, 0.2) is 0 Å². The fourth-order valence-electron chi connectivity index (χ4n) is 4.05. The molecule has 0 saturated carbocycles. The second kappa shape index (κ2) is 9.95. The third kappa shape index (κ3) is 4.80. The third-order valence-electron chi connectivity index (χ3n) is 5.76. The Bertz CT molecular complexity index is 1170. The Morgan fingerprint density at radius 1 is 0.909 bits per heavy atom. The minimum atomic E-state index is 0.193. The van der Waals surface area contributed by atoms with Gasteiger partial charge >= 0.3 is 0 Å². The highest BCUT2D eigenvalue weighted by Gasteiger charge is 2.22. The summed E-state index contributed by atoms with van der Waals surface area (Å²) >= 11 is 1.64. The molecule has 5 rings (SSSR count). The van der Waals surface area contributed by atoms with Crippen LogP contribution in [-0.4, -0.2) is 62.1 Å². The first-order chi connectivity index (χ1) is 16.3. The van der Waals surface area contributed by atoms with Crippen LogP contribution in [0.1, 0.15) is 5.56 Å². The molecule has 1 aliphatic rings. The lowest BCUT2D eigenvalue weighted by atomic mass is 10.3. The van der Waals surface area contributed by atoms with Crippen molar-refractivity contribution in [3.63, 3.8) is 0 Å². The SMILES string of the molecule is O=C(CSCc1cnn(-c2ccccc2)c1-n1cccc1)N1CCN(c2ccccn2)CC1. The number of aromatic nitrogens is 4. The zero-order chi connectivity index (χ0) is 22.5. The molecular weight excluding hydrogens is 432 g/mol. The number of piperazine rings is 1. The molecule has 0 radical (unpaired) electrons. The van der Waals surface area contributed by atoms with Gasteiger partial charge in [-0.1, -0.05) is 24.3 Å². The Morgan fingerprint density at radius 3 is 2.39 bits per heavy atom. The van der Waals surface area contributed by atoms with Crippen molar-refractivity contribution < 1.29 is 4.79 Å². The van der Waals surface area contributed by atoms with Crippen molar-refractivity contribution in [3.8, 4) is 11.5 Å². The Balaban J connectivity index is 1.20. The van der Waals surface area contributed by atoms with Gasteiger partial charge in [0.2, 0.25) is 5.91 Å². The van der Waals surface area contributed by atoms with E-state index < -0.39 is 0 Å². The fraction of sp³-hybridized carbons (Fsp3) is 0.240. The van der Waals surface area contributed by atoms with Crippen LogP contribution in [0, 0.1) is 0 Å². The quantitative estimate of drug-likeness (QED) is 0.423. The molecule has 0 bridgehead atoms. The van der Waals surface area contributed by atoms with Crippen LogP contribution in [0.5, 0.6) is 0 Å². The van der Waals surface area contributed by atoms with Gasteiger partial charge in [-0.3, -0.25) is 4.79 Å². The number of carbonyl (C=O) groups excluding carboxylic acids is 1. The van der Waals surface area contributed by atoms with Crippen LogP contribution < -0.4 is 4.90 Å². The standard InChI is InChI=1S/C25H26N6OS/c32-24(29-16-14-28(15-17-29)23-10-4-5-11-26-23)20-33-19-21-18-27-31(22-8-2-1-3-9-22)25(21)30-12-6-7-13-30/h1-13,18H,14-17,19-20H2. The van der Waals surface area contributed by atoms with Crippen molar-refractivity contribution in [2.24, 2.45) is 0 Å². The van der Waals surface area contributed by atoms with Crippen molar-refractivity contribution in [2.45, 2.75) is 5.75 Å². The van der Waals surface area contributed by atoms with E-state index in [1.54, 1.807) is 11.8 Å². The molecule has 0 aliphatic carbocycles. The molecule has 1 fully saturated rings. The summed E-state index contributed by atoms with van der Waals surface area (Å²) in [6.45, 7) is 3.09. The molecule has 4 heterocycles. The molecule has 1 aromatic carbocycles. The number of benzene rings is 1. The van der Waals surface area contributed by atoms with E-state index in [1.807, 2.05) is 95.0 Å². The molecule has 7 nitrogen and oxygen atoms in total. The zero-order valence-corrected chi connectivity index (χ0v) is 19.1. The molecule has 3 aromatic heterocycles. The first kappa shape index (κ1) is 21.3. The van der Waals surface area contributed by atoms with Crippen molar-refractivity contribution in [1.29, 1.82) is 0 Å². The number of thioether (sulfide) groups is 1. The average Bonchev–Trinajstić information content (AvgIpc) is 3.55. The largest absolute Gasteiger partial charge is 0.353 e. The van der Waals surface area contributed by atoms with Crippen molar-refractivity contribution in [3.05, 3.63) is 91.0 Å². The number of hydrogen-bond donors (Lipinski definition) is 0. The topological polar surface area (TPSA) is 59.2 Å². The van der Waals surface area contributed by atoms with Gasteiger partial charge in [-0.2, -0.15) is 5.10 Å². The number of hydrogen-bond acceptors (Lipinski definition) is 5. The number of anilines is 1. The van der Waals surface area contributed by atoms with Gasteiger partial charge in [-0.25, -0.2) is 9.67 Å². The molecule has 1 saturated heterocycles. The van der Waals surface area contributed by atoms with Crippen molar-refractivity contribution >= 4 is 23.5 Å². The minimum Gasteiger partial charge on any atom is -0.353 e. The van der Waals surface area contributed by atoms with Crippen LogP contribution in [0.25, 0.3) is 11.5 Å². The second-order valence-corrected chi connectivity index (χ2v) is 8.87. The minimum absolute atomic E-state index is 0.193. The van der Waals surface area contributed by atoms with E-state index in [9.17, 15) is 4.79 Å². The molecular formula is C25H26N6OS. The summed E-state index contributed by atoms with van der Waals surface area (Å²) in [7, 11) is 0. The highest BCUT2D eigenvalue weighted by Crippen LogP contribution is 2.24. The number of carbonyl (C=O) groups is 1. The second-order valence-electron chi connectivity index (χ2n) is 7.88. The van der Waals surface area contributed by atoms with E-state index in [0.29, 0.717) is 5.75 Å². The van der Waals surface area contributed by atoms with Crippen LogP contribution in [0.2, 0.25) is 0 Å². The molecule has 1 amide bonds. The van der Waals surface area contributed by atoms with E-state index in [0.717, 1.165) is 54.8 Å². The fourth-order valence-corrected chi connectivity index (χ4v) is 4.93. The lowest BCUT2D eigenvalue weighted by Crippen LogP contribution is -2.49. The maximum Gasteiger partial charge on any atom is 0.232 e. The summed E-state index contributed by atoms with van der Waals surface area (Å²) in [4.78, 5) is 21.4.